The summed E-state index contributed by atoms with van der Waals surface area (Å²) >= 11 is 2.26. The Hall–Kier alpha value is -3.11. The van der Waals surface area contributed by atoms with E-state index in [-0.39, 0.29) is 12.0 Å². The van der Waals surface area contributed by atoms with Gasteiger partial charge in [0, 0.05) is 47.9 Å². The van der Waals surface area contributed by atoms with Crippen molar-refractivity contribution in [2.24, 2.45) is 0 Å². The zero-order valence-electron chi connectivity index (χ0n) is 22.6. The summed E-state index contributed by atoms with van der Waals surface area (Å²) < 4.78 is 12.3. The van der Waals surface area contributed by atoms with Crippen LogP contribution in [0.15, 0.2) is 66.7 Å². The van der Waals surface area contributed by atoms with Crippen LogP contribution in [-0.2, 0) is 16.0 Å². The van der Waals surface area contributed by atoms with Crippen LogP contribution in [0.1, 0.15) is 43.4 Å². The number of amides is 2. The topological polar surface area (TPSA) is 71.1 Å². The van der Waals surface area contributed by atoms with Crippen molar-refractivity contribution in [3.8, 4) is 11.1 Å². The number of ether oxygens (including phenoxy) is 2. The first kappa shape index (κ1) is 27.5. The number of piperazine rings is 1. The highest BCUT2D eigenvalue weighted by atomic mass is 127. The molecule has 1 aliphatic heterocycles. The Balaban J connectivity index is 1.13. The van der Waals surface area contributed by atoms with Gasteiger partial charge < -0.3 is 14.4 Å². The van der Waals surface area contributed by atoms with Crippen LogP contribution in [-0.4, -0.2) is 60.4 Å². The first-order valence-corrected chi connectivity index (χ1v) is 14.4. The van der Waals surface area contributed by atoms with E-state index in [1.807, 2.05) is 45.0 Å². The van der Waals surface area contributed by atoms with Crippen molar-refractivity contribution in [3.05, 3.63) is 87.0 Å². The first-order chi connectivity index (χ1) is 18.7. The molecule has 0 unspecified atom stereocenters. The molecule has 3 aromatic carbocycles. The minimum absolute atomic E-state index is 0.0617. The third kappa shape index (κ3) is 6.73. The Kier molecular flexibility index (Phi) is 8.13. The van der Waals surface area contributed by atoms with Gasteiger partial charge in [-0.25, -0.2) is 9.59 Å². The number of carbonyl (C=O) groups excluding carboxylic acids is 2. The van der Waals surface area contributed by atoms with E-state index >= 15 is 0 Å². The maximum Gasteiger partial charge on any atom is 0.412 e. The highest BCUT2D eigenvalue weighted by molar-refractivity contribution is 14.1. The molecule has 8 heteroatoms. The van der Waals surface area contributed by atoms with Gasteiger partial charge in [0.1, 0.15) is 12.2 Å². The minimum Gasteiger partial charge on any atom is -0.448 e. The standard InChI is InChI=1S/C31H34IN3O4/c1-31(2,3)39-29(36)33-23-17-21(16-22(32)18-23)19-34-12-14-35(15-13-34)30(37)38-20-28-26-10-6-4-8-24(26)25-9-5-7-11-27(25)28/h4-11,16-18,28H,12-15,19-20H2,1-3H3,(H,33,36). The van der Waals surface area contributed by atoms with E-state index in [4.69, 9.17) is 9.47 Å². The van der Waals surface area contributed by atoms with Crippen LogP contribution in [0.4, 0.5) is 15.3 Å². The van der Waals surface area contributed by atoms with Crippen LogP contribution in [0.2, 0.25) is 0 Å². The molecule has 204 valence electrons. The van der Waals surface area contributed by atoms with E-state index in [9.17, 15) is 9.59 Å². The van der Waals surface area contributed by atoms with E-state index in [1.165, 1.54) is 22.3 Å². The van der Waals surface area contributed by atoms with E-state index < -0.39 is 11.7 Å². The Morgan fingerprint density at radius 2 is 1.54 bits per heavy atom. The largest absolute Gasteiger partial charge is 0.448 e. The van der Waals surface area contributed by atoms with Crippen molar-refractivity contribution in [1.29, 1.82) is 0 Å². The molecule has 3 aromatic rings. The third-order valence-electron chi connectivity index (χ3n) is 6.98. The van der Waals surface area contributed by atoms with Crippen molar-refractivity contribution >= 4 is 40.5 Å². The molecule has 0 spiro atoms. The molecule has 0 atom stereocenters. The van der Waals surface area contributed by atoms with Gasteiger partial charge in [-0.15, -0.1) is 0 Å². The predicted octanol–water partition coefficient (Wildman–Crippen LogP) is 6.70. The summed E-state index contributed by atoms with van der Waals surface area (Å²) in [5.74, 6) is 0.0617. The molecule has 0 radical (unpaired) electrons. The summed E-state index contributed by atoms with van der Waals surface area (Å²) in [4.78, 5) is 29.3. The summed E-state index contributed by atoms with van der Waals surface area (Å²) in [6.07, 6.45) is -0.721. The van der Waals surface area contributed by atoms with E-state index in [2.05, 4.69) is 75.3 Å². The highest BCUT2D eigenvalue weighted by Gasteiger charge is 2.30. The SMILES string of the molecule is CC(C)(C)OC(=O)Nc1cc(I)cc(CN2CCN(C(=O)OCC3c4ccccc4-c4ccccc43)CC2)c1. The molecule has 7 nitrogen and oxygen atoms in total. The molecular weight excluding hydrogens is 605 g/mol. The quantitative estimate of drug-likeness (QED) is 0.315. The number of hydrogen-bond acceptors (Lipinski definition) is 5. The number of rotatable bonds is 5. The molecule has 1 heterocycles. The number of hydrogen-bond donors (Lipinski definition) is 1. The smallest absolute Gasteiger partial charge is 0.412 e. The monoisotopic (exact) mass is 639 g/mol. The van der Waals surface area contributed by atoms with Gasteiger partial charge in [-0.05, 0) is 89.4 Å². The summed E-state index contributed by atoms with van der Waals surface area (Å²) in [7, 11) is 0. The zero-order valence-corrected chi connectivity index (χ0v) is 24.7. The number of halogens is 1. The average Bonchev–Trinajstić information content (AvgIpc) is 3.20. The predicted molar refractivity (Wildman–Crippen MR) is 161 cm³/mol. The van der Waals surface area contributed by atoms with Gasteiger partial charge in [0.15, 0.2) is 0 Å². The van der Waals surface area contributed by atoms with Crippen LogP contribution in [0, 0.1) is 3.57 Å². The van der Waals surface area contributed by atoms with E-state index in [1.54, 1.807) is 4.90 Å². The van der Waals surface area contributed by atoms with Crippen LogP contribution < -0.4 is 5.32 Å². The lowest BCUT2D eigenvalue weighted by atomic mass is 9.98. The molecular formula is C31H34IN3O4. The van der Waals surface area contributed by atoms with Gasteiger partial charge in [-0.3, -0.25) is 10.2 Å². The molecule has 1 aliphatic carbocycles. The summed E-state index contributed by atoms with van der Waals surface area (Å²) in [6.45, 7) is 9.34. The van der Waals surface area contributed by atoms with Gasteiger partial charge in [0.25, 0.3) is 0 Å². The van der Waals surface area contributed by atoms with Crippen molar-refractivity contribution in [1.82, 2.24) is 9.80 Å². The van der Waals surface area contributed by atoms with Crippen LogP contribution in [0.3, 0.4) is 0 Å². The molecule has 2 amide bonds. The lowest BCUT2D eigenvalue weighted by molar-refractivity contribution is 0.0635. The lowest BCUT2D eigenvalue weighted by Crippen LogP contribution is -2.48. The fourth-order valence-corrected chi connectivity index (χ4v) is 6.00. The molecule has 39 heavy (non-hydrogen) atoms. The number of nitrogens with zero attached hydrogens (tertiary/aromatic N) is 2. The second kappa shape index (κ2) is 11.6. The maximum absolute atomic E-state index is 13.0. The van der Waals surface area contributed by atoms with Gasteiger partial charge >= 0.3 is 12.2 Å². The molecule has 0 aromatic heterocycles. The Labute approximate surface area is 243 Å². The Morgan fingerprint density at radius 3 is 2.15 bits per heavy atom. The van der Waals surface area contributed by atoms with Crippen LogP contribution >= 0.6 is 22.6 Å². The number of anilines is 1. The van der Waals surface area contributed by atoms with E-state index in [0.29, 0.717) is 25.4 Å². The molecule has 5 rings (SSSR count). The van der Waals surface area contributed by atoms with Gasteiger partial charge in [0.2, 0.25) is 0 Å². The normalized spacial score (nSPS) is 15.4. The minimum atomic E-state index is -0.554. The van der Waals surface area contributed by atoms with Crippen molar-refractivity contribution in [2.45, 2.75) is 38.8 Å². The molecule has 1 fully saturated rings. The fraction of sp³-hybridized carbons (Fsp3) is 0.355. The fourth-order valence-electron chi connectivity index (χ4n) is 5.27. The van der Waals surface area contributed by atoms with Crippen molar-refractivity contribution < 1.29 is 19.1 Å². The van der Waals surface area contributed by atoms with Gasteiger partial charge in [0.05, 0.1) is 0 Å². The first-order valence-electron chi connectivity index (χ1n) is 13.3. The maximum atomic E-state index is 13.0. The Morgan fingerprint density at radius 1 is 0.923 bits per heavy atom. The third-order valence-corrected chi connectivity index (χ3v) is 7.60. The number of carbonyl (C=O) groups is 2. The van der Waals surface area contributed by atoms with Crippen LogP contribution in [0.5, 0.6) is 0 Å². The second-order valence-electron chi connectivity index (χ2n) is 11.0. The molecule has 1 saturated heterocycles. The summed E-state index contributed by atoms with van der Waals surface area (Å²) in [6, 6.07) is 22.7. The Bertz CT molecular complexity index is 1320. The molecule has 1 N–H and O–H groups in total. The lowest BCUT2D eigenvalue weighted by Gasteiger charge is -2.34. The average molecular weight is 640 g/mol. The molecule has 0 bridgehead atoms. The second-order valence-corrected chi connectivity index (χ2v) is 12.3. The summed E-state index contributed by atoms with van der Waals surface area (Å²) in [5, 5.41) is 2.83. The van der Waals surface area contributed by atoms with Crippen LogP contribution in [0.25, 0.3) is 11.1 Å². The van der Waals surface area contributed by atoms with Crippen molar-refractivity contribution in [3.63, 3.8) is 0 Å². The van der Waals surface area contributed by atoms with Gasteiger partial charge in [-0.2, -0.15) is 0 Å². The van der Waals surface area contributed by atoms with E-state index in [0.717, 1.165) is 28.8 Å². The summed E-state index contributed by atoms with van der Waals surface area (Å²) in [5.41, 5.74) is 6.14. The number of benzene rings is 3. The molecule has 2 aliphatic rings. The zero-order chi connectivity index (χ0) is 27.6. The van der Waals surface area contributed by atoms with Crippen molar-refractivity contribution in [2.75, 3.05) is 38.1 Å². The van der Waals surface area contributed by atoms with Gasteiger partial charge in [-0.1, -0.05) is 48.5 Å². The molecule has 0 saturated carbocycles. The number of fused-ring (bicyclic) bond motifs is 3. The number of nitrogens with one attached hydrogen (secondary N) is 1. The highest BCUT2D eigenvalue weighted by Crippen LogP contribution is 2.44.